The molecule has 0 saturated heterocycles. The van der Waals surface area contributed by atoms with Gasteiger partial charge in [0.05, 0.1) is 0 Å². The smallest absolute Gasteiger partial charge is 0.427 e. The van der Waals surface area contributed by atoms with Crippen LogP contribution in [0.3, 0.4) is 0 Å². The maximum Gasteiger partial charge on any atom is 0.451 e. The van der Waals surface area contributed by atoms with E-state index in [9.17, 15) is 0 Å². The van der Waals surface area contributed by atoms with E-state index in [1.807, 2.05) is 0 Å². The third kappa shape index (κ3) is 16.0. The van der Waals surface area contributed by atoms with E-state index >= 15 is 0 Å². The predicted molar refractivity (Wildman–Crippen MR) is 56.7 cm³/mol. The van der Waals surface area contributed by atoms with Crippen molar-refractivity contribution in [3.8, 4) is 0 Å². The van der Waals surface area contributed by atoms with Crippen molar-refractivity contribution in [1.29, 1.82) is 0 Å². The molecule has 0 fully saturated rings. The summed E-state index contributed by atoms with van der Waals surface area (Å²) in [6.07, 6.45) is 3.52. The summed E-state index contributed by atoms with van der Waals surface area (Å²) >= 11 is 0. The zero-order valence-electron chi connectivity index (χ0n) is 9.35. The van der Waals surface area contributed by atoms with Gasteiger partial charge in [-0.25, -0.2) is 0 Å². The topological polar surface area (TPSA) is 101 Å². The largest absolute Gasteiger partial charge is 0.451 e. The molecule has 0 aromatic heterocycles. The number of carbonyl (C=O) groups excluding carboxylic acids is 2. The summed E-state index contributed by atoms with van der Waals surface area (Å²) in [7, 11) is -1.15. The van der Waals surface area contributed by atoms with Crippen molar-refractivity contribution in [3.63, 3.8) is 0 Å². The molecule has 1 atom stereocenters. The summed E-state index contributed by atoms with van der Waals surface area (Å²) in [6.45, 7) is 4.21. The van der Waals surface area contributed by atoms with Gasteiger partial charge in [0, 0.05) is 6.04 Å². The Bertz CT molecular complexity index is 169. The van der Waals surface area contributed by atoms with Gasteiger partial charge in [-0.3, -0.25) is 0 Å². The molecular formula is C9H20BNO4. The molecule has 0 radical (unpaired) electrons. The quantitative estimate of drug-likeness (QED) is 0.430. The van der Waals surface area contributed by atoms with Gasteiger partial charge in [0.1, 0.15) is 0 Å². The zero-order valence-corrected chi connectivity index (χ0v) is 9.35. The monoisotopic (exact) mass is 217 g/mol. The molecule has 0 aromatic carbocycles. The average molecular weight is 217 g/mol. The van der Waals surface area contributed by atoms with E-state index in [0.717, 1.165) is 19.3 Å². The molecule has 6 heteroatoms. The van der Waals surface area contributed by atoms with Crippen molar-refractivity contribution in [2.45, 2.75) is 45.5 Å². The fourth-order valence-corrected chi connectivity index (χ4v) is 1.04. The van der Waals surface area contributed by atoms with Gasteiger partial charge >= 0.3 is 13.3 Å². The Morgan fingerprint density at radius 3 is 2.07 bits per heavy atom. The molecule has 4 N–H and O–H groups in total. The van der Waals surface area contributed by atoms with E-state index in [2.05, 4.69) is 13.8 Å². The predicted octanol–water partition coefficient (Wildman–Crippen LogP) is 0.0293. The lowest BCUT2D eigenvalue weighted by Crippen LogP contribution is -2.26. The second-order valence-electron chi connectivity index (χ2n) is 3.76. The normalized spacial score (nSPS) is 11.3. The maximum atomic E-state index is 8.55. The van der Waals surface area contributed by atoms with Crippen LogP contribution in [0.5, 0.6) is 0 Å². The minimum absolute atomic E-state index is 0.250. The van der Waals surface area contributed by atoms with E-state index in [1.54, 1.807) is 0 Å². The molecule has 0 amide bonds. The van der Waals surface area contributed by atoms with Crippen molar-refractivity contribution in [3.05, 3.63) is 0 Å². The molecule has 0 bridgehead atoms. The first-order chi connectivity index (χ1) is 6.95. The molecule has 0 aliphatic rings. The molecule has 0 rings (SSSR count). The summed E-state index contributed by atoms with van der Waals surface area (Å²) in [4.78, 5) is 16.2. The number of nitrogens with two attached hydrogens (primary N) is 1. The molecular weight excluding hydrogens is 197 g/mol. The molecule has 88 valence electrons. The Balaban J connectivity index is 0. The van der Waals surface area contributed by atoms with Crippen LogP contribution < -0.4 is 5.73 Å². The van der Waals surface area contributed by atoms with Crippen molar-refractivity contribution in [2.24, 2.45) is 11.7 Å². The molecule has 0 spiro atoms. The third-order valence-electron chi connectivity index (χ3n) is 2.11. The van der Waals surface area contributed by atoms with Crippen LogP contribution in [0.4, 0.5) is 0 Å². The van der Waals surface area contributed by atoms with Gasteiger partial charge in [-0.05, 0) is 18.7 Å². The Labute approximate surface area is 90.8 Å². The highest BCUT2D eigenvalue weighted by Crippen LogP contribution is 2.09. The van der Waals surface area contributed by atoms with Gasteiger partial charge in [-0.15, -0.1) is 0 Å². The summed E-state index contributed by atoms with van der Waals surface area (Å²) in [6, 6.07) is 0.251. The van der Waals surface area contributed by atoms with E-state index in [-0.39, 0.29) is 12.2 Å². The van der Waals surface area contributed by atoms with Gasteiger partial charge in [-0.2, -0.15) is 9.59 Å². The Hall–Kier alpha value is -0.675. The van der Waals surface area contributed by atoms with Crippen LogP contribution in [0.2, 0.25) is 6.32 Å². The first-order valence-corrected chi connectivity index (χ1v) is 5.06. The second kappa shape index (κ2) is 11.4. The lowest BCUT2D eigenvalue weighted by molar-refractivity contribution is -0.191. The first-order valence-electron chi connectivity index (χ1n) is 5.06. The molecule has 0 saturated carbocycles. The lowest BCUT2D eigenvalue weighted by atomic mass is 9.83. The lowest BCUT2D eigenvalue weighted by Gasteiger charge is -2.14. The number of unbranched alkanes of at least 4 members (excludes halogenated alkanes) is 1. The van der Waals surface area contributed by atoms with Gasteiger partial charge in [-0.1, -0.05) is 26.7 Å². The molecule has 0 aromatic rings. The van der Waals surface area contributed by atoms with Crippen LogP contribution in [0.1, 0.15) is 33.1 Å². The third-order valence-corrected chi connectivity index (χ3v) is 2.11. The number of hydrogen-bond acceptors (Lipinski definition) is 5. The molecule has 15 heavy (non-hydrogen) atoms. The van der Waals surface area contributed by atoms with Crippen LogP contribution >= 0.6 is 0 Å². The maximum absolute atomic E-state index is 8.55. The summed E-state index contributed by atoms with van der Waals surface area (Å²) in [5.41, 5.74) is 5.81. The van der Waals surface area contributed by atoms with Crippen molar-refractivity contribution < 1.29 is 19.6 Å². The number of rotatable bonds is 6. The Morgan fingerprint density at radius 1 is 1.27 bits per heavy atom. The van der Waals surface area contributed by atoms with E-state index in [4.69, 9.17) is 25.4 Å². The zero-order chi connectivity index (χ0) is 12.3. The second-order valence-corrected chi connectivity index (χ2v) is 3.76. The minimum atomic E-state index is -1.15. The van der Waals surface area contributed by atoms with Crippen LogP contribution in [-0.2, 0) is 9.59 Å². The van der Waals surface area contributed by atoms with Crippen molar-refractivity contribution in [2.75, 3.05) is 0 Å². The van der Waals surface area contributed by atoms with Gasteiger partial charge in [0.25, 0.3) is 0 Å². The van der Waals surface area contributed by atoms with Crippen molar-refractivity contribution in [1.82, 2.24) is 0 Å². The van der Waals surface area contributed by atoms with E-state index < -0.39 is 7.12 Å². The standard InChI is InChI=1S/C8H20BNO2.CO2/c1-7(2)8(10)5-3-4-6-9(11)12;2-1-3/h7-8,11-12H,3-6,10H2,1-2H3;. The van der Waals surface area contributed by atoms with Gasteiger partial charge < -0.3 is 15.8 Å². The van der Waals surface area contributed by atoms with Crippen LogP contribution in [0.15, 0.2) is 0 Å². The molecule has 5 nitrogen and oxygen atoms in total. The van der Waals surface area contributed by atoms with Crippen molar-refractivity contribution >= 4 is 13.3 Å². The molecule has 1 unspecified atom stereocenters. The van der Waals surface area contributed by atoms with Crippen LogP contribution in [-0.4, -0.2) is 29.4 Å². The summed E-state index contributed by atoms with van der Waals surface area (Å²) < 4.78 is 0. The highest BCUT2D eigenvalue weighted by Gasteiger charge is 2.09. The van der Waals surface area contributed by atoms with Gasteiger partial charge in [0.2, 0.25) is 0 Å². The highest BCUT2D eigenvalue weighted by atomic mass is 16.4. The fourth-order valence-electron chi connectivity index (χ4n) is 1.04. The molecule has 0 aliphatic heterocycles. The molecule has 0 heterocycles. The SMILES string of the molecule is CC(C)C(N)CCCCB(O)O.O=C=O. The summed E-state index contributed by atoms with van der Waals surface area (Å²) in [5.74, 6) is 0.518. The Kier molecular flexibility index (Phi) is 12.7. The first kappa shape index (κ1) is 16.7. The Morgan fingerprint density at radius 2 is 1.73 bits per heavy atom. The van der Waals surface area contributed by atoms with E-state index in [0.29, 0.717) is 12.2 Å². The minimum Gasteiger partial charge on any atom is -0.427 e. The van der Waals surface area contributed by atoms with Crippen LogP contribution in [0.25, 0.3) is 0 Å². The van der Waals surface area contributed by atoms with Crippen LogP contribution in [0, 0.1) is 5.92 Å². The number of hydrogen-bond donors (Lipinski definition) is 3. The average Bonchev–Trinajstić information content (AvgIpc) is 2.12. The fraction of sp³-hybridized carbons (Fsp3) is 0.889. The molecule has 0 aliphatic carbocycles. The van der Waals surface area contributed by atoms with Gasteiger partial charge in [0.15, 0.2) is 0 Å². The summed E-state index contributed by atoms with van der Waals surface area (Å²) in [5, 5.41) is 17.1. The van der Waals surface area contributed by atoms with E-state index in [1.165, 1.54) is 0 Å². The highest BCUT2D eigenvalue weighted by molar-refractivity contribution is 6.40.